The van der Waals surface area contributed by atoms with E-state index in [1.807, 2.05) is 18.2 Å². The maximum absolute atomic E-state index is 4.34. The van der Waals surface area contributed by atoms with Crippen molar-refractivity contribution >= 4 is 11.0 Å². The Hall–Kier alpha value is -1.42. The van der Waals surface area contributed by atoms with Gasteiger partial charge in [-0.1, -0.05) is 31.2 Å². The fraction of sp³-hybridized carbons (Fsp3) is 0.571. The Bertz CT molecular complexity index is 527. The number of aromatic nitrogens is 3. The van der Waals surface area contributed by atoms with Crippen LogP contribution in [0, 0.1) is 5.92 Å². The lowest BCUT2D eigenvalue weighted by Crippen LogP contribution is -2.30. The quantitative estimate of drug-likeness (QED) is 0.878. The summed E-state index contributed by atoms with van der Waals surface area (Å²) in [6.07, 6.45) is 2.64. The van der Waals surface area contributed by atoms with Crippen LogP contribution in [0.4, 0.5) is 0 Å². The van der Waals surface area contributed by atoms with Crippen LogP contribution in [0.3, 0.4) is 0 Å². The molecule has 3 rings (SSSR count). The predicted octanol–water partition coefficient (Wildman–Crippen LogP) is 2.38. The van der Waals surface area contributed by atoms with Gasteiger partial charge in [-0.3, -0.25) is 0 Å². The van der Waals surface area contributed by atoms with E-state index in [1.54, 1.807) is 0 Å². The molecule has 1 aromatic carbocycles. The minimum absolute atomic E-state index is 0.373. The van der Waals surface area contributed by atoms with Crippen LogP contribution in [-0.2, 0) is 0 Å². The first-order chi connectivity index (χ1) is 8.75. The maximum atomic E-state index is 4.34. The van der Waals surface area contributed by atoms with Crippen LogP contribution in [0.5, 0.6) is 0 Å². The molecule has 1 aliphatic rings. The van der Waals surface area contributed by atoms with Crippen molar-refractivity contribution < 1.29 is 0 Å². The highest BCUT2D eigenvalue weighted by atomic mass is 15.4. The van der Waals surface area contributed by atoms with Gasteiger partial charge in [-0.25, -0.2) is 4.68 Å². The molecule has 0 bridgehead atoms. The van der Waals surface area contributed by atoms with E-state index in [1.165, 1.54) is 12.8 Å². The SMILES string of the molecule is CC(C)C(CNC1CC1)n1nnc2ccccc21. The summed E-state index contributed by atoms with van der Waals surface area (Å²) in [5, 5.41) is 12.2. The molecule has 1 atom stereocenters. The van der Waals surface area contributed by atoms with Crippen LogP contribution < -0.4 is 5.32 Å². The molecule has 1 saturated carbocycles. The highest BCUT2D eigenvalue weighted by Gasteiger charge is 2.25. The van der Waals surface area contributed by atoms with Crippen molar-refractivity contribution in [2.75, 3.05) is 6.54 Å². The van der Waals surface area contributed by atoms with Gasteiger partial charge in [-0.2, -0.15) is 0 Å². The summed E-state index contributed by atoms with van der Waals surface area (Å²) in [6.45, 7) is 5.47. The van der Waals surface area contributed by atoms with Crippen molar-refractivity contribution in [3.05, 3.63) is 24.3 Å². The number of nitrogens with one attached hydrogen (secondary N) is 1. The van der Waals surface area contributed by atoms with Gasteiger partial charge in [0.25, 0.3) is 0 Å². The van der Waals surface area contributed by atoms with Gasteiger partial charge in [0.1, 0.15) is 5.52 Å². The van der Waals surface area contributed by atoms with Gasteiger partial charge in [0.15, 0.2) is 0 Å². The van der Waals surface area contributed by atoms with Crippen LogP contribution in [0.15, 0.2) is 24.3 Å². The van der Waals surface area contributed by atoms with E-state index in [0.29, 0.717) is 12.0 Å². The summed E-state index contributed by atoms with van der Waals surface area (Å²) in [7, 11) is 0. The predicted molar refractivity (Wildman–Crippen MR) is 72.4 cm³/mol. The van der Waals surface area contributed by atoms with Gasteiger partial charge >= 0.3 is 0 Å². The Morgan fingerprint density at radius 2 is 2.11 bits per heavy atom. The van der Waals surface area contributed by atoms with Crippen LogP contribution in [0.2, 0.25) is 0 Å². The summed E-state index contributed by atoms with van der Waals surface area (Å²) < 4.78 is 2.08. The molecule has 2 aromatic rings. The van der Waals surface area contributed by atoms with Crippen LogP contribution in [-0.4, -0.2) is 27.6 Å². The van der Waals surface area contributed by atoms with Crippen LogP contribution in [0.1, 0.15) is 32.7 Å². The lowest BCUT2D eigenvalue weighted by molar-refractivity contribution is 0.331. The Morgan fingerprint density at radius 1 is 1.33 bits per heavy atom. The topological polar surface area (TPSA) is 42.7 Å². The molecule has 1 N–H and O–H groups in total. The average Bonchev–Trinajstić information content (AvgIpc) is 3.09. The molecule has 4 heteroatoms. The van der Waals surface area contributed by atoms with Gasteiger partial charge < -0.3 is 5.32 Å². The monoisotopic (exact) mass is 244 g/mol. The molecule has 1 aromatic heterocycles. The zero-order valence-corrected chi connectivity index (χ0v) is 11.0. The van der Waals surface area contributed by atoms with E-state index in [-0.39, 0.29) is 0 Å². The van der Waals surface area contributed by atoms with Crippen molar-refractivity contribution in [2.45, 2.75) is 38.8 Å². The molecule has 96 valence electrons. The molecular formula is C14H20N4. The van der Waals surface area contributed by atoms with Gasteiger partial charge in [0.2, 0.25) is 0 Å². The molecule has 1 heterocycles. The fourth-order valence-corrected chi connectivity index (χ4v) is 2.31. The smallest absolute Gasteiger partial charge is 0.113 e. The molecule has 0 radical (unpaired) electrons. The fourth-order valence-electron chi connectivity index (χ4n) is 2.31. The Kier molecular flexibility index (Phi) is 3.04. The Morgan fingerprint density at radius 3 is 2.83 bits per heavy atom. The molecular weight excluding hydrogens is 224 g/mol. The second-order valence-electron chi connectivity index (χ2n) is 5.52. The third-order valence-corrected chi connectivity index (χ3v) is 3.65. The number of hydrogen-bond acceptors (Lipinski definition) is 3. The van der Waals surface area contributed by atoms with Crippen LogP contribution >= 0.6 is 0 Å². The number of fused-ring (bicyclic) bond motifs is 1. The summed E-state index contributed by atoms with van der Waals surface area (Å²) in [6, 6.07) is 9.29. The first kappa shape index (κ1) is 11.7. The number of benzene rings is 1. The minimum Gasteiger partial charge on any atom is -0.312 e. The lowest BCUT2D eigenvalue weighted by atomic mass is 10.0. The third kappa shape index (κ3) is 2.25. The second kappa shape index (κ2) is 4.69. The van der Waals surface area contributed by atoms with Crippen molar-refractivity contribution in [3.63, 3.8) is 0 Å². The number of rotatable bonds is 5. The van der Waals surface area contributed by atoms with E-state index in [0.717, 1.165) is 23.6 Å². The van der Waals surface area contributed by atoms with E-state index >= 15 is 0 Å². The Balaban J connectivity index is 1.87. The number of nitrogens with zero attached hydrogens (tertiary/aromatic N) is 3. The van der Waals surface area contributed by atoms with Gasteiger partial charge in [-0.15, -0.1) is 5.10 Å². The average molecular weight is 244 g/mol. The van der Waals surface area contributed by atoms with E-state index in [2.05, 4.69) is 40.2 Å². The second-order valence-corrected chi connectivity index (χ2v) is 5.52. The zero-order valence-electron chi connectivity index (χ0n) is 11.0. The van der Waals surface area contributed by atoms with E-state index < -0.39 is 0 Å². The Labute approximate surface area is 107 Å². The summed E-state index contributed by atoms with van der Waals surface area (Å²) in [5.74, 6) is 0.543. The van der Waals surface area contributed by atoms with E-state index in [4.69, 9.17) is 0 Å². The molecule has 0 saturated heterocycles. The van der Waals surface area contributed by atoms with Crippen molar-refractivity contribution in [3.8, 4) is 0 Å². The molecule has 1 fully saturated rings. The molecule has 0 amide bonds. The molecule has 0 spiro atoms. The summed E-state index contributed by atoms with van der Waals surface area (Å²) in [5.41, 5.74) is 2.11. The van der Waals surface area contributed by atoms with Gasteiger partial charge in [-0.05, 0) is 30.9 Å². The summed E-state index contributed by atoms with van der Waals surface area (Å²) >= 11 is 0. The molecule has 1 unspecified atom stereocenters. The maximum Gasteiger partial charge on any atom is 0.113 e. The van der Waals surface area contributed by atoms with Crippen LogP contribution in [0.25, 0.3) is 11.0 Å². The van der Waals surface area contributed by atoms with Gasteiger partial charge in [0, 0.05) is 12.6 Å². The van der Waals surface area contributed by atoms with Crippen molar-refractivity contribution in [2.24, 2.45) is 5.92 Å². The third-order valence-electron chi connectivity index (χ3n) is 3.65. The first-order valence-corrected chi connectivity index (χ1v) is 6.79. The van der Waals surface area contributed by atoms with Gasteiger partial charge in [0.05, 0.1) is 11.6 Å². The minimum atomic E-state index is 0.373. The summed E-state index contributed by atoms with van der Waals surface area (Å²) in [4.78, 5) is 0. The normalized spacial score (nSPS) is 17.5. The highest BCUT2D eigenvalue weighted by Crippen LogP contribution is 2.24. The van der Waals surface area contributed by atoms with Crippen molar-refractivity contribution in [1.82, 2.24) is 20.3 Å². The molecule has 4 nitrogen and oxygen atoms in total. The number of hydrogen-bond donors (Lipinski definition) is 1. The highest BCUT2D eigenvalue weighted by molar-refractivity contribution is 5.73. The largest absolute Gasteiger partial charge is 0.312 e. The van der Waals surface area contributed by atoms with E-state index in [9.17, 15) is 0 Å². The zero-order chi connectivity index (χ0) is 12.5. The molecule has 0 aliphatic heterocycles. The molecule has 18 heavy (non-hydrogen) atoms. The molecule has 1 aliphatic carbocycles. The number of para-hydroxylation sites is 1. The van der Waals surface area contributed by atoms with Crippen molar-refractivity contribution in [1.29, 1.82) is 0 Å². The first-order valence-electron chi connectivity index (χ1n) is 6.79. The standard InChI is InChI=1S/C14H20N4/c1-10(2)14(9-15-11-7-8-11)18-13-6-4-3-5-12(13)16-17-18/h3-6,10-11,14-15H,7-9H2,1-2H3. The lowest BCUT2D eigenvalue weighted by Gasteiger charge is -2.22.